The van der Waals surface area contributed by atoms with Gasteiger partial charge in [-0.3, -0.25) is 9.98 Å². The van der Waals surface area contributed by atoms with Gasteiger partial charge in [0.2, 0.25) is 0 Å². The molecule has 0 unspecified atom stereocenters. The summed E-state index contributed by atoms with van der Waals surface area (Å²) in [5.41, 5.74) is 14.3. The van der Waals surface area contributed by atoms with Crippen molar-refractivity contribution in [3.8, 4) is 12.1 Å². The molecule has 9 aromatic rings. The smallest absolute Gasteiger partial charge is 0.377 e. The first kappa shape index (κ1) is 59.7. The van der Waals surface area contributed by atoms with Gasteiger partial charge in [-0.05, 0) is 26.0 Å². The van der Waals surface area contributed by atoms with Crippen LogP contribution in [0.25, 0.3) is 0 Å². The van der Waals surface area contributed by atoms with Crippen molar-refractivity contribution in [1.82, 2.24) is 4.98 Å². The van der Waals surface area contributed by atoms with Gasteiger partial charge >= 0.3 is 17.1 Å². The van der Waals surface area contributed by atoms with Crippen LogP contribution in [0.1, 0.15) is 39.1 Å². The first-order valence-electron chi connectivity index (χ1n) is 26.0. The molecule has 386 valence electrons. The average molecular weight is 1050 g/mol. The molecule has 0 amide bonds. The van der Waals surface area contributed by atoms with Gasteiger partial charge in [0, 0.05) is 13.8 Å². The Labute approximate surface area is 468 Å². The van der Waals surface area contributed by atoms with Crippen LogP contribution in [0, 0.1) is 22.7 Å². The molecule has 2 heterocycles. The molecule has 0 radical (unpaired) electrons. The van der Waals surface area contributed by atoms with Crippen LogP contribution in [-0.2, 0) is 26.5 Å². The predicted molar refractivity (Wildman–Crippen MR) is 323 cm³/mol. The maximum atomic E-state index is 7.32. The number of aromatic nitrogens is 1. The summed E-state index contributed by atoms with van der Waals surface area (Å²) in [6, 6.07) is 96.5. The maximum Gasteiger partial charge on any atom is 2.00 e. The van der Waals surface area contributed by atoms with E-state index in [0.717, 1.165) is 22.8 Å². The average Bonchev–Trinajstić information content (AvgIpc) is 3.52. The van der Waals surface area contributed by atoms with Crippen LogP contribution < -0.4 is 43.7 Å². The summed E-state index contributed by atoms with van der Waals surface area (Å²) in [4.78, 5) is 13.6. The summed E-state index contributed by atoms with van der Waals surface area (Å²) in [5.74, 6) is 0. The number of hydrogen-bond acceptors (Lipinski definition) is 7. The van der Waals surface area contributed by atoms with Crippen molar-refractivity contribution in [2.24, 2.45) is 9.98 Å². The van der Waals surface area contributed by atoms with E-state index in [1.807, 2.05) is 32.0 Å². The molecule has 77 heavy (non-hydrogen) atoms. The Morgan fingerprint density at radius 3 is 0.714 bits per heavy atom. The second-order valence-electron chi connectivity index (χ2n) is 18.0. The summed E-state index contributed by atoms with van der Waals surface area (Å²) < 4.78 is 10.9. The quantitative estimate of drug-likeness (QED) is 0.142. The first-order valence-corrected chi connectivity index (χ1v) is 26.0. The van der Waals surface area contributed by atoms with Crippen molar-refractivity contribution < 1.29 is 26.5 Å². The monoisotopic (exact) mass is 1050 g/mol. The van der Waals surface area contributed by atoms with E-state index in [0.29, 0.717) is 39.5 Å². The zero-order valence-electron chi connectivity index (χ0n) is 44.6. The standard InChI is InChI=1S/2C24H20B.C15H21N3O2.2C2H3N.Fe/c2*1-5-13-21(14-6-1)25(22-15-7-2-8-16-22,23-17-9-3-10-18-23)24-19-11-4-12-20-24;1-12-14-4-3-5-15(18-14)13(2)17-7-9-20-11-10-19-8-6-16-12;2*1-2-3;/h2*1-20H;3-5H,6-11H2,1-2H3;2*1H3;/q2*-1;;;;+2. The van der Waals surface area contributed by atoms with Crippen molar-refractivity contribution in [2.75, 3.05) is 39.5 Å². The van der Waals surface area contributed by atoms with Crippen LogP contribution in [0.3, 0.4) is 0 Å². The molecule has 7 nitrogen and oxygen atoms in total. The van der Waals surface area contributed by atoms with E-state index in [1.54, 1.807) is 12.1 Å². The summed E-state index contributed by atoms with van der Waals surface area (Å²) >= 11 is 0. The second kappa shape index (κ2) is 33.0. The molecule has 10 heteroatoms. The Balaban J connectivity index is 0.000000202. The van der Waals surface area contributed by atoms with E-state index < -0.39 is 12.3 Å². The minimum atomic E-state index is -1.22. The van der Waals surface area contributed by atoms with Gasteiger partial charge in [-0.15, -0.1) is 0 Å². The van der Waals surface area contributed by atoms with Gasteiger partial charge in [0.05, 0.1) is 74.5 Å². The first-order chi connectivity index (χ1) is 37.4. The Morgan fingerprint density at radius 2 is 0.519 bits per heavy atom. The molecule has 0 aliphatic carbocycles. The fourth-order valence-corrected chi connectivity index (χ4v) is 10.1. The summed E-state index contributed by atoms with van der Waals surface area (Å²) in [5, 5.41) is 14.6. The minimum absolute atomic E-state index is 0. The zero-order chi connectivity index (χ0) is 53.5. The van der Waals surface area contributed by atoms with Gasteiger partial charge in [-0.2, -0.15) is 54.2 Å². The minimum Gasteiger partial charge on any atom is -0.377 e. The summed E-state index contributed by atoms with van der Waals surface area (Å²) in [6.07, 6.45) is -2.43. The second-order valence-corrected chi connectivity index (χ2v) is 18.0. The maximum absolute atomic E-state index is 7.32. The molecule has 1 aliphatic rings. The molecule has 0 N–H and O–H groups in total. The fourth-order valence-electron chi connectivity index (χ4n) is 10.1. The number of nitriles is 2. The van der Waals surface area contributed by atoms with Crippen LogP contribution in [0.4, 0.5) is 0 Å². The van der Waals surface area contributed by atoms with Crippen LogP contribution in [0.15, 0.2) is 271 Å². The number of nitrogens with zero attached hydrogens (tertiary/aromatic N) is 5. The Bertz CT molecular complexity index is 2660. The third kappa shape index (κ3) is 16.2. The summed E-state index contributed by atoms with van der Waals surface area (Å²) in [7, 11) is 0. The van der Waals surface area contributed by atoms with Gasteiger partial charge in [0.15, 0.2) is 0 Å². The van der Waals surface area contributed by atoms with Gasteiger partial charge in [-0.1, -0.05) is 249 Å². The number of hydrogen-bond donors (Lipinski definition) is 0. The molecule has 2 bridgehead atoms. The molecule has 1 aliphatic heterocycles. The Morgan fingerprint density at radius 1 is 0.325 bits per heavy atom. The molecule has 0 spiro atoms. The molecule has 0 saturated heterocycles. The molecule has 1 aromatic heterocycles. The SMILES string of the molecule is CC#N.CC#N.CC1=NCCOCCOCCN=C(C)c2cccc1n2.[Fe+2].c1ccc([B-](c2ccccc2)(c2ccccc2)c2ccccc2)cc1.c1ccc([B-](c2ccccc2)(c2ccccc2)c2ccccc2)cc1. The number of pyridine rings is 1. The van der Waals surface area contributed by atoms with Crippen LogP contribution >= 0.6 is 0 Å². The number of fused-ring (bicyclic) bond motifs is 2. The zero-order valence-corrected chi connectivity index (χ0v) is 45.7. The van der Waals surface area contributed by atoms with Crippen molar-refractivity contribution in [1.29, 1.82) is 10.5 Å². The van der Waals surface area contributed by atoms with Crippen molar-refractivity contribution in [3.05, 3.63) is 272 Å². The third-order valence-corrected chi connectivity index (χ3v) is 13.4. The van der Waals surface area contributed by atoms with E-state index in [-0.39, 0.29) is 17.1 Å². The molecule has 10 rings (SSSR count). The van der Waals surface area contributed by atoms with Crippen molar-refractivity contribution >= 4 is 67.4 Å². The van der Waals surface area contributed by atoms with E-state index >= 15 is 0 Å². The van der Waals surface area contributed by atoms with Crippen LogP contribution in [0.5, 0.6) is 0 Å². The van der Waals surface area contributed by atoms with Crippen molar-refractivity contribution in [3.63, 3.8) is 0 Å². The van der Waals surface area contributed by atoms with E-state index in [1.165, 1.54) is 57.5 Å². The predicted octanol–water partition coefficient (Wildman–Crippen LogP) is 8.93. The number of ether oxygens (including phenoxy) is 2. The van der Waals surface area contributed by atoms with Crippen LogP contribution in [-0.4, -0.2) is 68.2 Å². The normalized spacial score (nSPS) is 12.3. The summed E-state index contributed by atoms with van der Waals surface area (Å²) in [6.45, 7) is 10.5. The third-order valence-electron chi connectivity index (χ3n) is 13.4. The number of benzene rings is 8. The van der Waals surface area contributed by atoms with Gasteiger partial charge in [0.25, 0.3) is 0 Å². The molecule has 0 fully saturated rings. The van der Waals surface area contributed by atoms with E-state index in [4.69, 9.17) is 20.0 Å². The van der Waals surface area contributed by atoms with E-state index in [9.17, 15) is 0 Å². The fraction of sp³-hybridized carbons (Fsp3) is 0.149. The topological polar surface area (TPSA) is 104 Å². The van der Waals surface area contributed by atoms with Gasteiger partial charge in [-0.25, -0.2) is 4.98 Å². The van der Waals surface area contributed by atoms with Gasteiger partial charge in [0.1, 0.15) is 12.3 Å². The molecular formula is C67H67B2FeN5O2. The Kier molecular flexibility index (Phi) is 25.5. The number of rotatable bonds is 8. The molecular weight excluding hydrogens is 984 g/mol. The van der Waals surface area contributed by atoms with Crippen LogP contribution in [0.2, 0.25) is 0 Å². The largest absolute Gasteiger partial charge is 2.00 e. The van der Waals surface area contributed by atoms with Gasteiger partial charge < -0.3 is 9.47 Å². The Hall–Kier alpha value is -8.20. The molecule has 0 atom stereocenters. The molecule has 8 aromatic carbocycles. The van der Waals surface area contributed by atoms with Crippen molar-refractivity contribution in [2.45, 2.75) is 27.7 Å². The molecule has 0 saturated carbocycles. The number of aliphatic imine (C=N–C) groups is 2. The van der Waals surface area contributed by atoms with E-state index in [2.05, 4.69) is 258 Å².